The highest BCUT2D eigenvalue weighted by Gasteiger charge is 2.64. The van der Waals surface area contributed by atoms with Crippen LogP contribution in [-0.4, -0.2) is 46.8 Å². The van der Waals surface area contributed by atoms with Gasteiger partial charge in [-0.2, -0.15) is 0 Å². The third-order valence-corrected chi connectivity index (χ3v) is 4.57. The van der Waals surface area contributed by atoms with Gasteiger partial charge in [0, 0.05) is 0 Å². The molecule has 0 aromatic carbocycles. The van der Waals surface area contributed by atoms with E-state index in [9.17, 15) is 19.2 Å². The summed E-state index contributed by atoms with van der Waals surface area (Å²) in [7, 11) is 0. The Morgan fingerprint density at radius 2 is 1.58 bits per heavy atom. The second kappa shape index (κ2) is 3.41. The molecule has 0 aromatic heterocycles. The van der Waals surface area contributed by atoms with Crippen molar-refractivity contribution in [3.8, 4) is 0 Å². The Morgan fingerprint density at radius 1 is 1.00 bits per heavy atom. The first-order valence-electron chi connectivity index (χ1n) is 6.44. The molecule has 2 bridgehead atoms. The van der Waals surface area contributed by atoms with E-state index in [4.69, 9.17) is 4.74 Å². The van der Waals surface area contributed by atoms with Gasteiger partial charge < -0.3 is 4.74 Å². The van der Waals surface area contributed by atoms with Crippen molar-refractivity contribution in [3.05, 3.63) is 0 Å². The number of carbonyl (C=O) groups excluding carboxylic acids is 4. The predicted octanol–water partition coefficient (Wildman–Crippen LogP) is -1.44. The first-order valence-corrected chi connectivity index (χ1v) is 6.44. The van der Waals surface area contributed by atoms with Crippen LogP contribution >= 0.6 is 0 Å². The van der Waals surface area contributed by atoms with Gasteiger partial charge in [-0.05, 0) is 12.8 Å². The maximum Gasteiger partial charge on any atom is 0.250 e. The number of hydrogen-bond acceptors (Lipinski definition) is 5. The van der Waals surface area contributed by atoms with Gasteiger partial charge in [0.15, 0.2) is 0 Å². The van der Waals surface area contributed by atoms with E-state index in [-0.39, 0.29) is 30.4 Å². The van der Waals surface area contributed by atoms with Gasteiger partial charge in [0.2, 0.25) is 23.6 Å². The van der Waals surface area contributed by atoms with Crippen molar-refractivity contribution < 1.29 is 23.9 Å². The Balaban J connectivity index is 1.68. The van der Waals surface area contributed by atoms with Crippen LogP contribution in [0.1, 0.15) is 19.3 Å². The molecule has 0 saturated carbocycles. The maximum absolute atomic E-state index is 12.4. The lowest BCUT2D eigenvalue weighted by molar-refractivity contribution is -0.148. The van der Waals surface area contributed by atoms with Crippen LogP contribution in [0.25, 0.3) is 0 Å². The molecule has 0 aromatic rings. The minimum absolute atomic E-state index is 0.119. The molecule has 1 N–H and O–H groups in total. The highest BCUT2D eigenvalue weighted by molar-refractivity contribution is 6.14. The average molecular weight is 264 g/mol. The van der Waals surface area contributed by atoms with E-state index < -0.39 is 29.7 Å². The number of hydrogen-bond donors (Lipinski definition) is 1. The molecule has 0 unspecified atom stereocenters. The van der Waals surface area contributed by atoms with Crippen LogP contribution in [0.4, 0.5) is 0 Å². The van der Waals surface area contributed by atoms with Crippen LogP contribution in [-0.2, 0) is 23.9 Å². The number of nitrogens with one attached hydrogen (secondary N) is 1. The summed E-state index contributed by atoms with van der Waals surface area (Å²) in [6.07, 6.45) is 1.06. The highest BCUT2D eigenvalue weighted by atomic mass is 16.5. The summed E-state index contributed by atoms with van der Waals surface area (Å²) < 4.78 is 5.60. The van der Waals surface area contributed by atoms with Crippen molar-refractivity contribution in [1.82, 2.24) is 10.2 Å². The van der Waals surface area contributed by atoms with Gasteiger partial charge in [-0.15, -0.1) is 0 Å². The van der Waals surface area contributed by atoms with Gasteiger partial charge in [0.1, 0.15) is 6.04 Å². The molecule has 4 aliphatic rings. The van der Waals surface area contributed by atoms with E-state index in [0.717, 1.165) is 17.7 Å². The summed E-state index contributed by atoms with van der Waals surface area (Å²) in [5.41, 5.74) is 0. The fourth-order valence-electron chi connectivity index (χ4n) is 3.79. The van der Waals surface area contributed by atoms with Crippen molar-refractivity contribution in [2.24, 2.45) is 11.8 Å². The summed E-state index contributed by atoms with van der Waals surface area (Å²) >= 11 is 0. The molecule has 0 radical (unpaired) electrons. The number of nitrogens with zero attached hydrogens (tertiary/aromatic N) is 1. The molecule has 4 saturated heterocycles. The lowest BCUT2D eigenvalue weighted by Crippen LogP contribution is -2.46. The first kappa shape index (κ1) is 11.1. The Kier molecular flexibility index (Phi) is 1.99. The van der Waals surface area contributed by atoms with E-state index in [1.807, 2.05) is 0 Å². The van der Waals surface area contributed by atoms with Gasteiger partial charge in [-0.25, -0.2) is 0 Å². The molecule has 4 aliphatic heterocycles. The van der Waals surface area contributed by atoms with E-state index in [2.05, 4.69) is 5.32 Å². The number of rotatable bonds is 1. The average Bonchev–Trinajstić information content (AvgIpc) is 3.06. The minimum atomic E-state index is -0.961. The van der Waals surface area contributed by atoms with Crippen LogP contribution in [0.2, 0.25) is 0 Å². The van der Waals surface area contributed by atoms with E-state index >= 15 is 0 Å². The standard InChI is InChI=1S/C12H12N2O5/c15-7-3-4(10(16)13-7)14-11(17)8-5-1-2-6(19-5)9(8)12(14)18/h4-6,8-9H,1-3H2,(H,13,15,16)/t4-,5-,6-,8-,9+/m1/s1. The van der Waals surface area contributed by atoms with Gasteiger partial charge in [0.25, 0.3) is 0 Å². The summed E-state index contributed by atoms with van der Waals surface area (Å²) in [6, 6.07) is -0.961. The monoisotopic (exact) mass is 264 g/mol. The number of amides is 4. The van der Waals surface area contributed by atoms with Crippen molar-refractivity contribution in [3.63, 3.8) is 0 Å². The topological polar surface area (TPSA) is 92.8 Å². The van der Waals surface area contributed by atoms with E-state index in [0.29, 0.717) is 0 Å². The zero-order valence-corrected chi connectivity index (χ0v) is 10.00. The maximum atomic E-state index is 12.4. The van der Waals surface area contributed by atoms with E-state index in [1.54, 1.807) is 0 Å². The molecule has 7 nitrogen and oxygen atoms in total. The summed E-state index contributed by atoms with van der Waals surface area (Å²) in [5, 5.41) is 2.13. The smallest absolute Gasteiger partial charge is 0.250 e. The fourth-order valence-corrected chi connectivity index (χ4v) is 3.79. The lowest BCUT2D eigenvalue weighted by Gasteiger charge is -2.21. The van der Waals surface area contributed by atoms with Gasteiger partial charge >= 0.3 is 0 Å². The Labute approximate surface area is 108 Å². The van der Waals surface area contributed by atoms with E-state index in [1.165, 1.54) is 0 Å². The van der Waals surface area contributed by atoms with Gasteiger partial charge in [-0.1, -0.05) is 0 Å². The first-order chi connectivity index (χ1) is 9.08. The Bertz CT molecular complexity index is 502. The lowest BCUT2D eigenvalue weighted by atomic mass is 9.81. The molecule has 7 heteroatoms. The zero-order chi connectivity index (χ0) is 13.3. The number of carbonyl (C=O) groups is 4. The molecule has 100 valence electrons. The van der Waals surface area contributed by atoms with Gasteiger partial charge in [0.05, 0.1) is 30.5 Å². The molecule has 0 spiro atoms. The molecule has 0 aliphatic carbocycles. The molecule has 4 fully saturated rings. The fraction of sp³-hybridized carbons (Fsp3) is 0.667. The van der Waals surface area contributed by atoms with Crippen molar-refractivity contribution in [2.45, 2.75) is 37.5 Å². The van der Waals surface area contributed by atoms with Crippen molar-refractivity contribution >= 4 is 23.6 Å². The largest absolute Gasteiger partial charge is 0.373 e. The molecular weight excluding hydrogens is 252 g/mol. The zero-order valence-electron chi connectivity index (χ0n) is 10.00. The molecule has 4 rings (SSSR count). The second-order valence-electron chi connectivity index (χ2n) is 5.52. The summed E-state index contributed by atoms with van der Waals surface area (Å²) in [4.78, 5) is 48.6. The van der Waals surface area contributed by atoms with Crippen LogP contribution < -0.4 is 5.32 Å². The summed E-state index contributed by atoms with van der Waals surface area (Å²) in [6.45, 7) is 0. The minimum Gasteiger partial charge on any atom is -0.373 e. The third kappa shape index (κ3) is 1.25. The van der Waals surface area contributed by atoms with Crippen LogP contribution in [0.3, 0.4) is 0 Å². The van der Waals surface area contributed by atoms with Crippen LogP contribution in [0.15, 0.2) is 0 Å². The second-order valence-corrected chi connectivity index (χ2v) is 5.52. The SMILES string of the molecule is O=C1C[C@@H](N2C(=O)[C@@H]3[C@H](C2=O)[C@H]2CC[C@H]3O2)C(=O)N1. The van der Waals surface area contributed by atoms with Crippen LogP contribution in [0, 0.1) is 11.8 Å². The normalized spacial score (nSPS) is 44.2. The third-order valence-electron chi connectivity index (χ3n) is 4.57. The molecule has 4 amide bonds. The number of fused-ring (bicyclic) bond motifs is 5. The predicted molar refractivity (Wildman–Crippen MR) is 58.3 cm³/mol. The molecule has 19 heavy (non-hydrogen) atoms. The van der Waals surface area contributed by atoms with Crippen LogP contribution in [0.5, 0.6) is 0 Å². The highest BCUT2D eigenvalue weighted by Crippen LogP contribution is 2.49. The molecular formula is C12H12N2O5. The number of imide groups is 2. The summed E-state index contributed by atoms with van der Waals surface area (Å²) in [5.74, 6) is -2.59. The molecule has 5 atom stereocenters. The van der Waals surface area contributed by atoms with Crippen molar-refractivity contribution in [2.75, 3.05) is 0 Å². The molecule has 4 heterocycles. The Morgan fingerprint density at radius 3 is 2.05 bits per heavy atom. The van der Waals surface area contributed by atoms with Crippen molar-refractivity contribution in [1.29, 1.82) is 0 Å². The van der Waals surface area contributed by atoms with Gasteiger partial charge in [-0.3, -0.25) is 29.4 Å². The quantitative estimate of drug-likeness (QED) is 0.586. The Hall–Kier alpha value is -1.76. The number of likely N-dealkylation sites (tertiary alicyclic amines) is 1. The number of ether oxygens (including phenoxy) is 1.